The third-order valence-corrected chi connectivity index (χ3v) is 2.01. The summed E-state index contributed by atoms with van der Waals surface area (Å²) < 4.78 is 0. The van der Waals surface area contributed by atoms with Crippen LogP contribution in [-0.4, -0.2) is 11.6 Å². The molecule has 1 aliphatic rings. The van der Waals surface area contributed by atoms with Gasteiger partial charge in [0.25, 0.3) is 0 Å². The van der Waals surface area contributed by atoms with Crippen LogP contribution in [-0.2, 0) is 0 Å². The van der Waals surface area contributed by atoms with Crippen LogP contribution in [0.1, 0.15) is 26.2 Å². The fraction of sp³-hybridized carbons (Fsp3) is 1.00. The molecule has 0 aromatic rings. The van der Waals surface area contributed by atoms with E-state index in [4.69, 9.17) is 11.5 Å². The summed E-state index contributed by atoms with van der Waals surface area (Å²) in [6.45, 7) is 2.08. The summed E-state index contributed by atoms with van der Waals surface area (Å²) in [7, 11) is 0. The molecule has 4 N–H and O–H groups in total. The van der Waals surface area contributed by atoms with E-state index in [1.165, 1.54) is 0 Å². The van der Waals surface area contributed by atoms with Crippen LogP contribution in [0.2, 0.25) is 0 Å². The molecule has 8 heavy (non-hydrogen) atoms. The highest BCUT2D eigenvalue weighted by atomic mass is 14.9. The SMILES string of the molecule is CCC(N)C1(N)CC1. The van der Waals surface area contributed by atoms with Gasteiger partial charge in [-0.05, 0) is 19.3 Å². The summed E-state index contributed by atoms with van der Waals surface area (Å²) in [6, 6.07) is 0.238. The average molecular weight is 114 g/mol. The van der Waals surface area contributed by atoms with Crippen LogP contribution < -0.4 is 11.5 Å². The molecule has 0 aromatic heterocycles. The van der Waals surface area contributed by atoms with Crippen molar-refractivity contribution >= 4 is 0 Å². The fourth-order valence-corrected chi connectivity index (χ4v) is 0.922. The molecular formula is C6H14N2. The lowest BCUT2D eigenvalue weighted by Crippen LogP contribution is -2.43. The van der Waals surface area contributed by atoms with Crippen LogP contribution >= 0.6 is 0 Å². The fourth-order valence-electron chi connectivity index (χ4n) is 0.922. The molecule has 0 amide bonds. The Morgan fingerprint density at radius 1 is 1.62 bits per heavy atom. The van der Waals surface area contributed by atoms with Gasteiger partial charge in [-0.3, -0.25) is 0 Å². The summed E-state index contributed by atoms with van der Waals surface area (Å²) in [6.07, 6.45) is 3.26. The van der Waals surface area contributed by atoms with Crippen molar-refractivity contribution in [2.24, 2.45) is 11.5 Å². The minimum Gasteiger partial charge on any atom is -0.326 e. The molecule has 0 spiro atoms. The van der Waals surface area contributed by atoms with Gasteiger partial charge in [-0.1, -0.05) is 6.92 Å². The predicted octanol–water partition coefficient (Wildman–Crippen LogP) is 0.215. The Morgan fingerprint density at radius 2 is 2.12 bits per heavy atom. The largest absolute Gasteiger partial charge is 0.326 e. The van der Waals surface area contributed by atoms with Gasteiger partial charge in [0, 0.05) is 11.6 Å². The van der Waals surface area contributed by atoms with Crippen LogP contribution in [0, 0.1) is 0 Å². The molecule has 1 fully saturated rings. The maximum absolute atomic E-state index is 5.78. The van der Waals surface area contributed by atoms with E-state index >= 15 is 0 Å². The standard InChI is InChI=1S/C6H14N2/c1-2-5(7)6(8)3-4-6/h5H,2-4,7-8H2,1H3. The van der Waals surface area contributed by atoms with Gasteiger partial charge in [0.15, 0.2) is 0 Å². The molecular weight excluding hydrogens is 100 g/mol. The molecule has 0 aliphatic heterocycles. The molecule has 0 radical (unpaired) electrons. The topological polar surface area (TPSA) is 52.0 Å². The van der Waals surface area contributed by atoms with Gasteiger partial charge in [0.05, 0.1) is 0 Å². The third-order valence-electron chi connectivity index (χ3n) is 2.01. The van der Waals surface area contributed by atoms with Crippen LogP contribution in [0.15, 0.2) is 0 Å². The van der Waals surface area contributed by atoms with E-state index in [-0.39, 0.29) is 11.6 Å². The van der Waals surface area contributed by atoms with Crippen molar-refractivity contribution in [1.29, 1.82) is 0 Å². The molecule has 1 unspecified atom stereocenters. The zero-order valence-corrected chi connectivity index (χ0v) is 5.35. The molecule has 2 heteroatoms. The number of nitrogens with two attached hydrogens (primary N) is 2. The third kappa shape index (κ3) is 0.858. The van der Waals surface area contributed by atoms with Gasteiger partial charge in [0.2, 0.25) is 0 Å². The Kier molecular flexibility index (Phi) is 1.29. The zero-order valence-electron chi connectivity index (χ0n) is 5.35. The second-order valence-electron chi connectivity index (χ2n) is 2.75. The molecule has 1 aliphatic carbocycles. The Labute approximate surface area is 50.2 Å². The molecule has 1 saturated carbocycles. The highest BCUT2D eigenvalue weighted by Crippen LogP contribution is 2.35. The molecule has 48 valence electrons. The summed E-state index contributed by atoms with van der Waals surface area (Å²) in [5, 5.41) is 0. The van der Waals surface area contributed by atoms with E-state index in [9.17, 15) is 0 Å². The lowest BCUT2D eigenvalue weighted by Gasteiger charge is -2.15. The smallest absolute Gasteiger partial charge is 0.0309 e. The van der Waals surface area contributed by atoms with E-state index in [1.54, 1.807) is 0 Å². The van der Waals surface area contributed by atoms with Crippen molar-refractivity contribution in [3.05, 3.63) is 0 Å². The van der Waals surface area contributed by atoms with Gasteiger partial charge in [-0.2, -0.15) is 0 Å². The highest BCUT2D eigenvalue weighted by Gasteiger charge is 2.42. The first kappa shape index (κ1) is 6.05. The quantitative estimate of drug-likeness (QED) is 0.539. The molecule has 1 rings (SSSR count). The molecule has 0 bridgehead atoms. The first-order chi connectivity index (χ1) is 3.69. The molecule has 0 saturated heterocycles. The number of hydrogen-bond donors (Lipinski definition) is 2. The Balaban J connectivity index is 2.34. The van der Waals surface area contributed by atoms with Crippen molar-refractivity contribution in [2.45, 2.75) is 37.8 Å². The normalized spacial score (nSPS) is 27.4. The van der Waals surface area contributed by atoms with Crippen molar-refractivity contribution in [3.63, 3.8) is 0 Å². The first-order valence-electron chi connectivity index (χ1n) is 3.23. The van der Waals surface area contributed by atoms with Crippen LogP contribution in [0.4, 0.5) is 0 Å². The Hall–Kier alpha value is -0.0800. The minimum absolute atomic E-state index is 0.0365. The van der Waals surface area contributed by atoms with Crippen LogP contribution in [0.25, 0.3) is 0 Å². The van der Waals surface area contributed by atoms with Gasteiger partial charge >= 0.3 is 0 Å². The Bertz CT molecular complexity index is 86.5. The maximum Gasteiger partial charge on any atom is 0.0309 e. The second-order valence-corrected chi connectivity index (χ2v) is 2.75. The maximum atomic E-state index is 5.78. The summed E-state index contributed by atoms with van der Waals surface area (Å²) in [5.74, 6) is 0. The number of hydrogen-bond acceptors (Lipinski definition) is 2. The van der Waals surface area contributed by atoms with Crippen molar-refractivity contribution in [2.75, 3.05) is 0 Å². The van der Waals surface area contributed by atoms with E-state index in [1.807, 2.05) is 0 Å². The predicted molar refractivity (Wildman–Crippen MR) is 34.4 cm³/mol. The van der Waals surface area contributed by atoms with Gasteiger partial charge in [0.1, 0.15) is 0 Å². The minimum atomic E-state index is 0.0365. The van der Waals surface area contributed by atoms with Gasteiger partial charge in [-0.25, -0.2) is 0 Å². The average Bonchev–Trinajstić information content (AvgIpc) is 2.47. The summed E-state index contributed by atoms with van der Waals surface area (Å²) >= 11 is 0. The van der Waals surface area contributed by atoms with E-state index in [0.29, 0.717) is 0 Å². The zero-order chi connectivity index (χ0) is 6.20. The lowest BCUT2D eigenvalue weighted by atomic mass is 10.1. The Morgan fingerprint density at radius 3 is 2.25 bits per heavy atom. The number of rotatable bonds is 2. The molecule has 2 nitrogen and oxygen atoms in total. The monoisotopic (exact) mass is 114 g/mol. The second kappa shape index (κ2) is 1.71. The van der Waals surface area contributed by atoms with Crippen molar-refractivity contribution < 1.29 is 0 Å². The first-order valence-corrected chi connectivity index (χ1v) is 3.23. The van der Waals surface area contributed by atoms with Crippen LogP contribution in [0.3, 0.4) is 0 Å². The van der Waals surface area contributed by atoms with Crippen molar-refractivity contribution in [3.8, 4) is 0 Å². The summed E-state index contributed by atoms with van der Waals surface area (Å²) in [5.41, 5.74) is 11.5. The van der Waals surface area contributed by atoms with E-state index < -0.39 is 0 Å². The van der Waals surface area contributed by atoms with Gasteiger partial charge < -0.3 is 11.5 Å². The molecule has 0 heterocycles. The van der Waals surface area contributed by atoms with Gasteiger partial charge in [-0.15, -0.1) is 0 Å². The van der Waals surface area contributed by atoms with Crippen molar-refractivity contribution in [1.82, 2.24) is 0 Å². The molecule has 1 atom stereocenters. The van der Waals surface area contributed by atoms with E-state index in [2.05, 4.69) is 6.92 Å². The van der Waals surface area contributed by atoms with Crippen LogP contribution in [0.5, 0.6) is 0 Å². The van der Waals surface area contributed by atoms with E-state index in [0.717, 1.165) is 19.3 Å². The summed E-state index contributed by atoms with van der Waals surface area (Å²) in [4.78, 5) is 0. The highest BCUT2D eigenvalue weighted by molar-refractivity contribution is 5.05. The molecule has 0 aromatic carbocycles. The lowest BCUT2D eigenvalue weighted by molar-refractivity contribution is 0.500.